The SMILES string of the molecule is COC1CCC(CN2CCNC[C@H]2CCO)CC1C. The van der Waals surface area contributed by atoms with Gasteiger partial charge in [-0.1, -0.05) is 6.92 Å². The zero-order chi connectivity index (χ0) is 13.7. The lowest BCUT2D eigenvalue weighted by molar-refractivity contribution is 0.00398. The Balaban J connectivity index is 1.82. The van der Waals surface area contributed by atoms with Crippen LogP contribution in [0.1, 0.15) is 32.6 Å². The first-order chi connectivity index (χ1) is 9.24. The molecule has 0 spiro atoms. The van der Waals surface area contributed by atoms with Crippen LogP contribution in [0.25, 0.3) is 0 Å². The Bertz CT molecular complexity index is 261. The van der Waals surface area contributed by atoms with Crippen molar-refractivity contribution in [1.29, 1.82) is 0 Å². The third-order valence-electron chi connectivity index (χ3n) is 4.93. The van der Waals surface area contributed by atoms with Gasteiger partial charge in [0.1, 0.15) is 0 Å². The Hall–Kier alpha value is -0.160. The van der Waals surface area contributed by atoms with Crippen LogP contribution >= 0.6 is 0 Å². The molecule has 2 aliphatic rings. The summed E-state index contributed by atoms with van der Waals surface area (Å²) in [5.41, 5.74) is 0. The predicted octanol–water partition coefficient (Wildman–Crippen LogP) is 1.09. The lowest BCUT2D eigenvalue weighted by Crippen LogP contribution is -2.53. The number of methoxy groups -OCH3 is 1. The molecular weight excluding hydrogens is 240 g/mol. The lowest BCUT2D eigenvalue weighted by Gasteiger charge is -2.41. The van der Waals surface area contributed by atoms with Gasteiger partial charge >= 0.3 is 0 Å². The van der Waals surface area contributed by atoms with Gasteiger partial charge in [0, 0.05) is 45.9 Å². The number of nitrogens with zero attached hydrogens (tertiary/aromatic N) is 1. The second-order valence-corrected chi connectivity index (χ2v) is 6.30. The lowest BCUT2D eigenvalue weighted by atomic mass is 9.80. The Labute approximate surface area is 117 Å². The monoisotopic (exact) mass is 270 g/mol. The fraction of sp³-hybridized carbons (Fsp3) is 1.00. The van der Waals surface area contributed by atoms with E-state index in [4.69, 9.17) is 4.74 Å². The van der Waals surface area contributed by atoms with Crippen molar-refractivity contribution in [3.63, 3.8) is 0 Å². The minimum Gasteiger partial charge on any atom is -0.396 e. The van der Waals surface area contributed by atoms with Crippen LogP contribution in [0.2, 0.25) is 0 Å². The Morgan fingerprint density at radius 2 is 2.21 bits per heavy atom. The Kier molecular flexibility index (Phi) is 6.07. The fourth-order valence-electron chi connectivity index (χ4n) is 3.80. The molecule has 0 aromatic heterocycles. The van der Waals surface area contributed by atoms with E-state index in [2.05, 4.69) is 17.1 Å². The van der Waals surface area contributed by atoms with Gasteiger partial charge in [0.2, 0.25) is 0 Å². The van der Waals surface area contributed by atoms with Crippen molar-refractivity contribution < 1.29 is 9.84 Å². The number of piperazine rings is 1. The highest BCUT2D eigenvalue weighted by Gasteiger charge is 2.30. The molecule has 0 bridgehead atoms. The quantitative estimate of drug-likeness (QED) is 0.785. The first kappa shape index (κ1) is 15.2. The zero-order valence-electron chi connectivity index (χ0n) is 12.5. The van der Waals surface area contributed by atoms with Crippen molar-refractivity contribution in [2.24, 2.45) is 11.8 Å². The molecule has 2 rings (SSSR count). The van der Waals surface area contributed by atoms with Gasteiger partial charge in [-0.3, -0.25) is 4.90 Å². The molecule has 1 aliphatic heterocycles. The van der Waals surface area contributed by atoms with Crippen LogP contribution in [0.5, 0.6) is 0 Å². The largest absolute Gasteiger partial charge is 0.396 e. The molecule has 19 heavy (non-hydrogen) atoms. The van der Waals surface area contributed by atoms with Gasteiger partial charge < -0.3 is 15.2 Å². The van der Waals surface area contributed by atoms with Crippen LogP contribution in [0.15, 0.2) is 0 Å². The predicted molar refractivity (Wildman–Crippen MR) is 77.2 cm³/mol. The highest BCUT2D eigenvalue weighted by atomic mass is 16.5. The second-order valence-electron chi connectivity index (χ2n) is 6.30. The van der Waals surface area contributed by atoms with E-state index < -0.39 is 0 Å². The molecule has 2 fully saturated rings. The summed E-state index contributed by atoms with van der Waals surface area (Å²) in [7, 11) is 1.84. The third kappa shape index (κ3) is 4.15. The topological polar surface area (TPSA) is 44.7 Å². The van der Waals surface area contributed by atoms with Gasteiger partial charge in [0.05, 0.1) is 6.10 Å². The molecule has 1 saturated heterocycles. The van der Waals surface area contributed by atoms with Crippen LogP contribution in [-0.4, -0.2) is 62.0 Å². The summed E-state index contributed by atoms with van der Waals surface area (Å²) >= 11 is 0. The first-order valence-corrected chi connectivity index (χ1v) is 7.83. The molecular formula is C15H30N2O2. The van der Waals surface area contributed by atoms with Crippen LogP contribution < -0.4 is 5.32 Å². The smallest absolute Gasteiger partial charge is 0.0597 e. The number of hydrogen-bond acceptors (Lipinski definition) is 4. The molecule has 2 N–H and O–H groups in total. The zero-order valence-corrected chi connectivity index (χ0v) is 12.5. The van der Waals surface area contributed by atoms with E-state index in [0.717, 1.165) is 32.0 Å². The number of rotatable bonds is 5. The van der Waals surface area contributed by atoms with Crippen molar-refractivity contribution >= 4 is 0 Å². The molecule has 112 valence electrons. The van der Waals surface area contributed by atoms with Crippen LogP contribution in [0.3, 0.4) is 0 Å². The summed E-state index contributed by atoms with van der Waals surface area (Å²) in [6.07, 6.45) is 5.15. The second kappa shape index (κ2) is 7.58. The van der Waals surface area contributed by atoms with E-state index in [-0.39, 0.29) is 0 Å². The van der Waals surface area contributed by atoms with Gasteiger partial charge in [0.25, 0.3) is 0 Å². The molecule has 1 saturated carbocycles. The summed E-state index contributed by atoms with van der Waals surface area (Å²) in [5, 5.41) is 12.6. The van der Waals surface area contributed by atoms with Gasteiger partial charge in [-0.15, -0.1) is 0 Å². The summed E-state index contributed by atoms with van der Waals surface area (Å²) in [6, 6.07) is 0.522. The van der Waals surface area contributed by atoms with Crippen LogP contribution in [0, 0.1) is 11.8 Å². The number of ether oxygens (including phenoxy) is 1. The van der Waals surface area contributed by atoms with E-state index >= 15 is 0 Å². The van der Waals surface area contributed by atoms with Crippen molar-refractivity contribution in [2.75, 3.05) is 39.9 Å². The van der Waals surface area contributed by atoms with Crippen molar-refractivity contribution in [3.05, 3.63) is 0 Å². The number of aliphatic hydroxyl groups excluding tert-OH is 1. The summed E-state index contributed by atoms with van der Waals surface area (Å²) in [5.74, 6) is 1.49. The molecule has 4 atom stereocenters. The van der Waals surface area contributed by atoms with E-state index in [1.807, 2.05) is 7.11 Å². The highest BCUT2D eigenvalue weighted by Crippen LogP contribution is 2.31. The first-order valence-electron chi connectivity index (χ1n) is 7.83. The van der Waals surface area contributed by atoms with Gasteiger partial charge in [-0.2, -0.15) is 0 Å². The standard InChI is InChI=1S/C15H30N2O2/c1-12-9-13(3-4-15(12)19-2)11-17-7-6-16-10-14(17)5-8-18/h12-16,18H,3-11H2,1-2H3/t12?,13?,14-,15?/m1/s1. The summed E-state index contributed by atoms with van der Waals surface area (Å²) in [6.45, 7) is 7.07. The Morgan fingerprint density at radius 3 is 2.89 bits per heavy atom. The molecule has 4 nitrogen and oxygen atoms in total. The molecule has 0 aromatic rings. The molecule has 0 amide bonds. The maximum absolute atomic E-state index is 9.18. The minimum absolute atomic E-state index is 0.301. The van der Waals surface area contributed by atoms with Gasteiger partial charge in [-0.05, 0) is 37.5 Å². The van der Waals surface area contributed by atoms with Crippen molar-refractivity contribution in [3.8, 4) is 0 Å². The Morgan fingerprint density at radius 1 is 1.37 bits per heavy atom. The number of nitrogens with one attached hydrogen (secondary N) is 1. The molecule has 0 aromatic carbocycles. The highest BCUT2D eigenvalue weighted by molar-refractivity contribution is 4.85. The van der Waals surface area contributed by atoms with Gasteiger partial charge in [-0.25, -0.2) is 0 Å². The summed E-state index contributed by atoms with van der Waals surface area (Å²) in [4.78, 5) is 2.59. The maximum atomic E-state index is 9.18. The van der Waals surface area contributed by atoms with E-state index in [1.165, 1.54) is 25.8 Å². The van der Waals surface area contributed by atoms with E-state index in [1.54, 1.807) is 0 Å². The molecule has 1 aliphatic carbocycles. The fourth-order valence-corrected chi connectivity index (χ4v) is 3.80. The summed E-state index contributed by atoms with van der Waals surface area (Å²) < 4.78 is 5.54. The molecule has 3 unspecified atom stereocenters. The van der Waals surface area contributed by atoms with E-state index in [9.17, 15) is 5.11 Å². The number of aliphatic hydroxyl groups is 1. The molecule has 0 radical (unpaired) electrons. The average molecular weight is 270 g/mol. The van der Waals surface area contributed by atoms with Crippen molar-refractivity contribution in [2.45, 2.75) is 44.8 Å². The number of hydrogen-bond donors (Lipinski definition) is 2. The molecule has 4 heteroatoms. The molecule has 1 heterocycles. The van der Waals surface area contributed by atoms with Gasteiger partial charge in [0.15, 0.2) is 0 Å². The third-order valence-corrected chi connectivity index (χ3v) is 4.93. The maximum Gasteiger partial charge on any atom is 0.0597 e. The van der Waals surface area contributed by atoms with E-state index in [0.29, 0.717) is 24.7 Å². The van der Waals surface area contributed by atoms with Crippen LogP contribution in [-0.2, 0) is 4.74 Å². The van der Waals surface area contributed by atoms with Crippen molar-refractivity contribution in [1.82, 2.24) is 10.2 Å². The minimum atomic E-state index is 0.301. The van der Waals surface area contributed by atoms with Crippen LogP contribution in [0.4, 0.5) is 0 Å². The average Bonchev–Trinajstić information content (AvgIpc) is 2.41. The normalized spacial score (nSPS) is 37.4.